The number of halogens is 2. The molecule has 0 fully saturated rings. The summed E-state index contributed by atoms with van der Waals surface area (Å²) in [4.78, 5) is -0.00541. The van der Waals surface area contributed by atoms with Gasteiger partial charge in [0.05, 0.1) is 17.8 Å². The molecule has 0 unspecified atom stereocenters. The number of sulfonamides is 1. The Morgan fingerprint density at radius 2 is 2.00 bits per heavy atom. The third-order valence-corrected chi connectivity index (χ3v) is 6.12. The monoisotopic (exact) mass is 373 g/mol. The van der Waals surface area contributed by atoms with Gasteiger partial charge >= 0.3 is 0 Å². The van der Waals surface area contributed by atoms with Gasteiger partial charge < -0.3 is 0 Å². The number of nitrogens with one attached hydrogen (secondary N) is 1. The van der Waals surface area contributed by atoms with Crippen molar-refractivity contribution in [3.05, 3.63) is 45.7 Å². The normalized spacial score (nSPS) is 14.7. The summed E-state index contributed by atoms with van der Waals surface area (Å²) in [6.45, 7) is 0.742. The fraction of sp³-hybridized carbons (Fsp3) is 0.400. The van der Waals surface area contributed by atoms with Crippen LogP contribution in [0.4, 0.5) is 0 Å². The molecule has 1 aromatic carbocycles. The van der Waals surface area contributed by atoms with E-state index in [1.54, 1.807) is 6.07 Å². The number of nitrogens with zero attached hydrogens (tertiary/aromatic N) is 2. The number of hydrogen-bond donors (Lipinski definition) is 1. The Balaban J connectivity index is 1.68. The maximum absolute atomic E-state index is 12.3. The highest BCUT2D eigenvalue weighted by atomic mass is 35.5. The second-order valence-corrected chi connectivity index (χ2v) is 8.10. The van der Waals surface area contributed by atoms with Crippen molar-refractivity contribution in [3.63, 3.8) is 0 Å². The predicted octanol–water partition coefficient (Wildman–Crippen LogP) is 3.05. The van der Waals surface area contributed by atoms with Gasteiger partial charge in [0.15, 0.2) is 0 Å². The Morgan fingerprint density at radius 3 is 2.83 bits per heavy atom. The molecular weight excluding hydrogens is 357 g/mol. The molecule has 2 aromatic rings. The standard InChI is InChI=1S/C15H17Cl2N3O2S/c16-12-5-6-13(17)15(9-12)23(21,22)19-7-8-20-14-4-2-1-3-11(14)10-18-20/h5-6,9-10,19H,1-4,7-8H2. The molecule has 5 nitrogen and oxygen atoms in total. The minimum atomic E-state index is -3.70. The number of rotatable bonds is 5. The average Bonchev–Trinajstić information content (AvgIpc) is 2.93. The Kier molecular flexibility index (Phi) is 4.96. The summed E-state index contributed by atoms with van der Waals surface area (Å²) in [5.41, 5.74) is 2.49. The van der Waals surface area contributed by atoms with Crippen molar-refractivity contribution < 1.29 is 8.42 Å². The van der Waals surface area contributed by atoms with Gasteiger partial charge in [-0.3, -0.25) is 4.68 Å². The highest BCUT2D eigenvalue weighted by molar-refractivity contribution is 7.89. The number of aromatic nitrogens is 2. The lowest BCUT2D eigenvalue weighted by Gasteiger charge is -2.14. The quantitative estimate of drug-likeness (QED) is 0.875. The van der Waals surface area contributed by atoms with E-state index in [1.807, 2.05) is 10.9 Å². The molecule has 1 aliphatic carbocycles. The topological polar surface area (TPSA) is 64.0 Å². The molecule has 23 heavy (non-hydrogen) atoms. The van der Waals surface area contributed by atoms with Crippen molar-refractivity contribution in [2.75, 3.05) is 6.54 Å². The molecule has 0 spiro atoms. The van der Waals surface area contributed by atoms with E-state index in [1.165, 1.54) is 29.8 Å². The van der Waals surface area contributed by atoms with Crippen LogP contribution in [0.1, 0.15) is 24.1 Å². The van der Waals surface area contributed by atoms with Crippen LogP contribution in [-0.2, 0) is 29.4 Å². The number of benzene rings is 1. The van der Waals surface area contributed by atoms with E-state index >= 15 is 0 Å². The van der Waals surface area contributed by atoms with Gasteiger partial charge in [0.25, 0.3) is 0 Å². The van der Waals surface area contributed by atoms with Crippen LogP contribution >= 0.6 is 23.2 Å². The minimum Gasteiger partial charge on any atom is -0.268 e. The van der Waals surface area contributed by atoms with Crippen LogP contribution in [0.3, 0.4) is 0 Å². The van der Waals surface area contributed by atoms with Crippen molar-refractivity contribution in [1.29, 1.82) is 0 Å². The fourth-order valence-electron chi connectivity index (χ4n) is 2.80. The molecule has 3 rings (SSSR count). The number of aryl methyl sites for hydroxylation is 1. The molecule has 0 saturated heterocycles. The Labute approximate surface area is 145 Å². The molecule has 8 heteroatoms. The lowest BCUT2D eigenvalue weighted by Crippen LogP contribution is -2.28. The molecule has 0 saturated carbocycles. The highest BCUT2D eigenvalue weighted by Crippen LogP contribution is 2.25. The first-order valence-corrected chi connectivity index (χ1v) is 9.69. The van der Waals surface area contributed by atoms with Crippen LogP contribution in [-0.4, -0.2) is 24.7 Å². The van der Waals surface area contributed by atoms with E-state index in [4.69, 9.17) is 23.2 Å². The van der Waals surface area contributed by atoms with E-state index in [9.17, 15) is 8.42 Å². The third-order valence-electron chi connectivity index (χ3n) is 3.94. The highest BCUT2D eigenvalue weighted by Gasteiger charge is 2.19. The number of hydrogen-bond acceptors (Lipinski definition) is 3. The molecular formula is C15H17Cl2N3O2S. The van der Waals surface area contributed by atoms with Gasteiger partial charge in [-0.1, -0.05) is 23.2 Å². The SMILES string of the molecule is O=S(=O)(NCCn1ncc2c1CCCC2)c1cc(Cl)ccc1Cl. The van der Waals surface area contributed by atoms with Gasteiger partial charge in [-0.15, -0.1) is 0 Å². The molecule has 0 amide bonds. The third kappa shape index (κ3) is 3.71. The molecule has 1 aliphatic rings. The van der Waals surface area contributed by atoms with Gasteiger partial charge in [-0.25, -0.2) is 13.1 Å². The lowest BCUT2D eigenvalue weighted by atomic mass is 9.98. The summed E-state index contributed by atoms with van der Waals surface area (Å²) >= 11 is 11.8. The first-order valence-electron chi connectivity index (χ1n) is 7.45. The summed E-state index contributed by atoms with van der Waals surface area (Å²) in [5, 5.41) is 4.84. The number of fused-ring (bicyclic) bond motifs is 1. The Morgan fingerprint density at radius 1 is 1.22 bits per heavy atom. The second-order valence-electron chi connectivity index (χ2n) is 5.52. The summed E-state index contributed by atoms with van der Waals surface area (Å²) in [5.74, 6) is 0. The molecule has 124 valence electrons. The van der Waals surface area contributed by atoms with E-state index in [0.29, 0.717) is 11.6 Å². The zero-order chi connectivity index (χ0) is 16.4. The van der Waals surface area contributed by atoms with Crippen LogP contribution in [0.25, 0.3) is 0 Å². The Bertz CT molecular complexity index is 818. The van der Waals surface area contributed by atoms with Crippen LogP contribution in [0.2, 0.25) is 10.0 Å². The van der Waals surface area contributed by atoms with E-state index in [-0.39, 0.29) is 16.5 Å². The second kappa shape index (κ2) is 6.81. The van der Waals surface area contributed by atoms with Crippen molar-refractivity contribution in [1.82, 2.24) is 14.5 Å². The fourth-order valence-corrected chi connectivity index (χ4v) is 4.58. The van der Waals surface area contributed by atoms with Crippen molar-refractivity contribution in [3.8, 4) is 0 Å². The molecule has 1 N–H and O–H groups in total. The lowest BCUT2D eigenvalue weighted by molar-refractivity contribution is 0.538. The van der Waals surface area contributed by atoms with Crippen LogP contribution < -0.4 is 4.72 Å². The van der Waals surface area contributed by atoms with E-state index < -0.39 is 10.0 Å². The summed E-state index contributed by atoms with van der Waals surface area (Å²) in [6.07, 6.45) is 6.29. The van der Waals surface area contributed by atoms with Gasteiger partial charge in [-0.05, 0) is 49.4 Å². The van der Waals surface area contributed by atoms with Crippen molar-refractivity contribution in [2.45, 2.75) is 37.1 Å². The van der Waals surface area contributed by atoms with Crippen molar-refractivity contribution in [2.24, 2.45) is 0 Å². The summed E-state index contributed by atoms with van der Waals surface area (Å²) in [6, 6.07) is 4.38. The maximum atomic E-state index is 12.3. The van der Waals surface area contributed by atoms with Crippen LogP contribution in [0.15, 0.2) is 29.3 Å². The van der Waals surface area contributed by atoms with Gasteiger partial charge in [0, 0.05) is 17.3 Å². The predicted molar refractivity (Wildman–Crippen MR) is 90.5 cm³/mol. The zero-order valence-corrected chi connectivity index (χ0v) is 14.8. The minimum absolute atomic E-state index is 0.00541. The molecule has 1 heterocycles. The first-order chi connectivity index (χ1) is 11.0. The van der Waals surface area contributed by atoms with Gasteiger partial charge in [-0.2, -0.15) is 5.10 Å². The molecule has 0 atom stereocenters. The van der Waals surface area contributed by atoms with Gasteiger partial charge in [0.2, 0.25) is 10.0 Å². The summed E-state index contributed by atoms with van der Waals surface area (Å²) in [7, 11) is -3.70. The average molecular weight is 374 g/mol. The van der Waals surface area contributed by atoms with Gasteiger partial charge in [0.1, 0.15) is 4.90 Å². The maximum Gasteiger partial charge on any atom is 0.242 e. The van der Waals surface area contributed by atoms with E-state index in [0.717, 1.165) is 19.3 Å². The van der Waals surface area contributed by atoms with Crippen molar-refractivity contribution >= 4 is 33.2 Å². The molecule has 0 aliphatic heterocycles. The van der Waals surface area contributed by atoms with Crippen LogP contribution in [0.5, 0.6) is 0 Å². The largest absolute Gasteiger partial charge is 0.268 e. The van der Waals surface area contributed by atoms with E-state index in [2.05, 4.69) is 9.82 Å². The van der Waals surface area contributed by atoms with Crippen LogP contribution in [0, 0.1) is 0 Å². The Hall–Kier alpha value is -1.08. The molecule has 1 aromatic heterocycles. The summed E-state index contributed by atoms with van der Waals surface area (Å²) < 4.78 is 29.1. The molecule has 0 bridgehead atoms. The molecule has 0 radical (unpaired) electrons. The smallest absolute Gasteiger partial charge is 0.242 e. The first kappa shape index (κ1) is 16.8. The zero-order valence-electron chi connectivity index (χ0n) is 12.4.